The molecule has 0 aromatic rings. The molecule has 3 aliphatic rings. The van der Waals surface area contributed by atoms with Gasteiger partial charge in [-0.2, -0.15) is 0 Å². The number of Topliss-reactive ketones (excluding diaryl/α,β-unsaturated/α-hetero) is 1. The highest BCUT2D eigenvalue weighted by Crippen LogP contribution is 2.43. The van der Waals surface area contributed by atoms with Crippen LogP contribution in [0.2, 0.25) is 0 Å². The van der Waals surface area contributed by atoms with Crippen LogP contribution in [0.1, 0.15) is 100 Å². The number of carbonyl (C=O) groups is 7. The van der Waals surface area contributed by atoms with Crippen molar-refractivity contribution in [3.63, 3.8) is 0 Å². The number of ketones is 1. The predicted molar refractivity (Wildman–Crippen MR) is 177 cm³/mol. The van der Waals surface area contributed by atoms with Gasteiger partial charge in [0.1, 0.15) is 24.2 Å². The first-order valence-electron chi connectivity index (χ1n) is 17.2. The molecular formula is C34H56N6O8. The van der Waals surface area contributed by atoms with Crippen LogP contribution >= 0.6 is 0 Å². The Labute approximate surface area is 284 Å². The molecule has 270 valence electrons. The highest BCUT2D eigenvalue weighted by molar-refractivity contribution is 6.38. The van der Waals surface area contributed by atoms with Gasteiger partial charge in [-0.1, -0.05) is 61.3 Å². The van der Waals surface area contributed by atoms with E-state index in [1.807, 2.05) is 27.7 Å². The van der Waals surface area contributed by atoms with E-state index in [2.05, 4.69) is 31.3 Å². The molecule has 0 aromatic carbocycles. The number of alkyl carbamates (subject to hydrolysis) is 1. The number of amides is 6. The van der Waals surface area contributed by atoms with Crippen molar-refractivity contribution in [2.45, 2.75) is 137 Å². The molecule has 2 unspecified atom stereocenters. The fourth-order valence-corrected chi connectivity index (χ4v) is 6.61. The highest BCUT2D eigenvalue weighted by Gasteiger charge is 2.52. The molecule has 0 bridgehead atoms. The number of nitrogens with one attached hydrogen (secondary N) is 5. The maximum atomic E-state index is 14.5. The minimum absolute atomic E-state index is 0.00251. The summed E-state index contributed by atoms with van der Waals surface area (Å²) in [5.41, 5.74) is -1.57. The number of carbonyl (C=O) groups excluding carboxylic acids is 7. The summed E-state index contributed by atoms with van der Waals surface area (Å²) in [5.74, 6) is -3.55. The maximum absolute atomic E-state index is 14.5. The van der Waals surface area contributed by atoms with E-state index < -0.39 is 82.5 Å². The van der Waals surface area contributed by atoms with Crippen LogP contribution in [0.4, 0.5) is 4.79 Å². The fraction of sp³-hybridized carbons (Fsp3) is 0.794. The largest absolute Gasteiger partial charge is 0.453 e. The average molecular weight is 677 g/mol. The molecule has 0 aromatic heterocycles. The number of methoxy groups -OCH3 is 1. The first kappa shape index (κ1) is 38.7. The van der Waals surface area contributed by atoms with Crippen LogP contribution in [0.3, 0.4) is 0 Å². The van der Waals surface area contributed by atoms with Crippen molar-refractivity contribution in [1.29, 1.82) is 0 Å². The van der Waals surface area contributed by atoms with Crippen molar-refractivity contribution >= 4 is 41.4 Å². The second kappa shape index (κ2) is 15.7. The lowest BCUT2D eigenvalue weighted by Gasteiger charge is -2.38. The van der Waals surface area contributed by atoms with E-state index >= 15 is 0 Å². The monoisotopic (exact) mass is 676 g/mol. The van der Waals surface area contributed by atoms with Crippen LogP contribution in [0.25, 0.3) is 0 Å². The molecule has 48 heavy (non-hydrogen) atoms. The Morgan fingerprint density at radius 2 is 1.42 bits per heavy atom. The zero-order valence-electron chi connectivity index (χ0n) is 30.0. The lowest BCUT2D eigenvalue weighted by atomic mass is 9.82. The molecule has 0 radical (unpaired) electrons. The van der Waals surface area contributed by atoms with Gasteiger partial charge < -0.3 is 36.2 Å². The maximum Gasteiger partial charge on any atom is 0.407 e. The lowest BCUT2D eigenvalue weighted by molar-refractivity contribution is -0.146. The van der Waals surface area contributed by atoms with Gasteiger partial charge >= 0.3 is 6.09 Å². The molecule has 3 rings (SSSR count). The molecule has 3 fully saturated rings. The van der Waals surface area contributed by atoms with E-state index in [1.54, 1.807) is 20.8 Å². The lowest BCUT2D eigenvalue weighted by Crippen LogP contribution is -2.63. The molecule has 14 heteroatoms. The quantitative estimate of drug-likeness (QED) is 0.182. The van der Waals surface area contributed by atoms with Crippen LogP contribution in [0.15, 0.2) is 0 Å². The molecule has 14 nitrogen and oxygen atoms in total. The summed E-state index contributed by atoms with van der Waals surface area (Å²) in [7, 11) is 1.17. The predicted octanol–water partition coefficient (Wildman–Crippen LogP) is 1.55. The van der Waals surface area contributed by atoms with Gasteiger partial charge in [0.15, 0.2) is 0 Å². The molecule has 6 amide bonds. The van der Waals surface area contributed by atoms with Crippen LogP contribution in [0, 0.1) is 22.7 Å². The summed E-state index contributed by atoms with van der Waals surface area (Å²) in [4.78, 5) is 94.2. The van der Waals surface area contributed by atoms with Gasteiger partial charge in [0.25, 0.3) is 5.91 Å². The topological polar surface area (TPSA) is 192 Å². The summed E-state index contributed by atoms with van der Waals surface area (Å²) < 4.78 is 4.57. The minimum atomic E-state index is -1.08. The molecule has 5 N–H and O–H groups in total. The molecule has 2 aliphatic carbocycles. The van der Waals surface area contributed by atoms with Gasteiger partial charge in [0.05, 0.1) is 13.2 Å². The van der Waals surface area contributed by atoms with E-state index in [0.29, 0.717) is 13.0 Å². The van der Waals surface area contributed by atoms with Crippen molar-refractivity contribution < 1.29 is 38.3 Å². The number of likely N-dealkylation sites (tertiary alicyclic amines) is 1. The van der Waals surface area contributed by atoms with E-state index in [-0.39, 0.29) is 24.3 Å². The molecule has 1 aliphatic heterocycles. The molecule has 1 heterocycles. The SMILES string of the molecule is CCCC(NC(=O)C1[C@H]2CCC[C@H]2CN1C(=O)[C@@H](NC(=O)[C@@H](NC(=O)[C@H](C)NC(=O)OC)C(C)(C)C)C(C)(C)C)C(=O)C(=O)NC1CC1. The summed E-state index contributed by atoms with van der Waals surface area (Å²) in [6.45, 7) is 14.4. The van der Waals surface area contributed by atoms with Crippen molar-refractivity contribution in [2.24, 2.45) is 22.7 Å². The van der Waals surface area contributed by atoms with Gasteiger partial charge in [0, 0.05) is 12.6 Å². The molecule has 1 saturated heterocycles. The number of hydrogen-bond donors (Lipinski definition) is 5. The number of nitrogens with zero attached hydrogens (tertiary/aromatic N) is 1. The number of hydrogen-bond acceptors (Lipinski definition) is 8. The van der Waals surface area contributed by atoms with E-state index in [0.717, 1.165) is 32.1 Å². The Bertz CT molecular complexity index is 1250. The van der Waals surface area contributed by atoms with Gasteiger partial charge in [-0.05, 0) is 61.7 Å². The molecular weight excluding hydrogens is 620 g/mol. The number of ether oxygens (including phenoxy) is 1. The Balaban J connectivity index is 1.84. The number of fused-ring (bicyclic) bond motifs is 1. The summed E-state index contributed by atoms with van der Waals surface area (Å²) in [5, 5.41) is 13.5. The van der Waals surface area contributed by atoms with Crippen LogP contribution in [0.5, 0.6) is 0 Å². The third kappa shape index (κ3) is 9.68. The molecule has 7 atom stereocenters. The van der Waals surface area contributed by atoms with Gasteiger partial charge in [-0.3, -0.25) is 28.8 Å². The fourth-order valence-electron chi connectivity index (χ4n) is 6.61. The summed E-state index contributed by atoms with van der Waals surface area (Å²) in [6, 6.07) is -5.02. The van der Waals surface area contributed by atoms with Gasteiger partial charge in [0.2, 0.25) is 29.4 Å². The van der Waals surface area contributed by atoms with Crippen molar-refractivity contribution in [2.75, 3.05) is 13.7 Å². The Morgan fingerprint density at radius 3 is 1.96 bits per heavy atom. The normalized spacial score (nSPS) is 23.1. The summed E-state index contributed by atoms with van der Waals surface area (Å²) in [6.07, 6.45) is 4.20. The Kier molecular flexibility index (Phi) is 12.6. The highest BCUT2D eigenvalue weighted by atomic mass is 16.5. The average Bonchev–Trinajstić information content (AvgIpc) is 3.56. The molecule has 2 saturated carbocycles. The van der Waals surface area contributed by atoms with Gasteiger partial charge in [-0.25, -0.2) is 4.79 Å². The zero-order chi connectivity index (χ0) is 36.1. The van der Waals surface area contributed by atoms with Crippen molar-refractivity contribution in [3.05, 3.63) is 0 Å². The van der Waals surface area contributed by atoms with Crippen LogP contribution < -0.4 is 26.6 Å². The van der Waals surface area contributed by atoms with E-state index in [1.165, 1.54) is 18.9 Å². The standard InChI is InChI=1S/C34H56N6O8/c1-10-12-22(24(41)29(44)36-20-15-16-20)37-28(43)23-21-14-11-13-19(21)17-40(23)31(46)26(34(6,7)8)39-30(45)25(33(3,4)5)38-27(42)18(2)35-32(47)48-9/h18-23,25-26H,10-17H2,1-9H3,(H,35,47)(H,36,44)(H,37,43)(H,38,42)(H,39,45)/t18-,19-,21-,22?,23?,25+,26+/m0/s1. The smallest absolute Gasteiger partial charge is 0.407 e. The second-order valence-corrected chi connectivity index (χ2v) is 15.7. The first-order chi connectivity index (χ1) is 22.3. The van der Waals surface area contributed by atoms with Crippen LogP contribution in [-0.2, 0) is 33.5 Å². The van der Waals surface area contributed by atoms with Crippen molar-refractivity contribution in [1.82, 2.24) is 31.5 Å². The minimum Gasteiger partial charge on any atom is -0.453 e. The van der Waals surface area contributed by atoms with Gasteiger partial charge in [-0.15, -0.1) is 0 Å². The third-order valence-corrected chi connectivity index (χ3v) is 9.52. The first-order valence-corrected chi connectivity index (χ1v) is 17.2. The Morgan fingerprint density at radius 1 is 0.812 bits per heavy atom. The summed E-state index contributed by atoms with van der Waals surface area (Å²) >= 11 is 0. The molecule has 0 spiro atoms. The van der Waals surface area contributed by atoms with E-state index in [4.69, 9.17) is 0 Å². The third-order valence-electron chi connectivity index (χ3n) is 9.52. The Hall–Kier alpha value is -3.71. The van der Waals surface area contributed by atoms with Crippen molar-refractivity contribution in [3.8, 4) is 0 Å². The second-order valence-electron chi connectivity index (χ2n) is 15.7. The number of rotatable bonds is 13. The van der Waals surface area contributed by atoms with Crippen LogP contribution in [-0.4, -0.2) is 96.2 Å². The zero-order valence-corrected chi connectivity index (χ0v) is 30.0. The van der Waals surface area contributed by atoms with E-state index in [9.17, 15) is 33.6 Å².